The van der Waals surface area contributed by atoms with Crippen molar-refractivity contribution in [1.82, 2.24) is 0 Å². The zero-order valence-corrected chi connectivity index (χ0v) is 11.8. The zero-order valence-electron chi connectivity index (χ0n) is 11.8. The van der Waals surface area contributed by atoms with Crippen LogP contribution in [-0.2, 0) is 23.7 Å². The van der Waals surface area contributed by atoms with Crippen molar-refractivity contribution in [3.63, 3.8) is 0 Å². The first kappa shape index (κ1) is 14.5. The van der Waals surface area contributed by atoms with Gasteiger partial charge in [0.2, 0.25) is 0 Å². The molecule has 0 N–H and O–H groups in total. The van der Waals surface area contributed by atoms with Gasteiger partial charge in [-0.25, -0.2) is 0 Å². The van der Waals surface area contributed by atoms with Gasteiger partial charge in [-0.15, -0.1) is 6.58 Å². The van der Waals surface area contributed by atoms with Crippen LogP contribution >= 0.6 is 0 Å². The quantitative estimate of drug-likeness (QED) is 0.576. The minimum absolute atomic E-state index is 0.0637. The van der Waals surface area contributed by atoms with Crippen molar-refractivity contribution in [2.75, 3.05) is 6.61 Å². The lowest BCUT2D eigenvalue weighted by Crippen LogP contribution is -2.46. The van der Waals surface area contributed by atoms with Crippen LogP contribution in [0.25, 0.3) is 0 Å². The van der Waals surface area contributed by atoms with Crippen molar-refractivity contribution in [3.8, 4) is 0 Å². The second-order valence-electron chi connectivity index (χ2n) is 5.34. The maximum Gasteiger partial charge on any atom is 0.308 e. The van der Waals surface area contributed by atoms with Crippen LogP contribution in [-0.4, -0.2) is 42.8 Å². The molecule has 0 saturated carbocycles. The summed E-state index contributed by atoms with van der Waals surface area (Å²) in [6, 6.07) is 0. The molecule has 2 fully saturated rings. The van der Waals surface area contributed by atoms with E-state index in [0.29, 0.717) is 13.0 Å². The van der Waals surface area contributed by atoms with Crippen LogP contribution in [0.2, 0.25) is 0 Å². The summed E-state index contributed by atoms with van der Waals surface area (Å²) in [4.78, 5) is 11.5. The van der Waals surface area contributed by atoms with E-state index in [9.17, 15) is 4.79 Å². The highest BCUT2D eigenvalue weighted by atomic mass is 16.8. The molecule has 2 rings (SSSR count). The van der Waals surface area contributed by atoms with E-state index >= 15 is 0 Å². The molecule has 0 spiro atoms. The summed E-state index contributed by atoms with van der Waals surface area (Å²) in [5, 5.41) is 0. The minimum atomic E-state index is -0.612. The summed E-state index contributed by atoms with van der Waals surface area (Å²) >= 11 is 0. The van der Waals surface area contributed by atoms with Crippen molar-refractivity contribution >= 4 is 5.97 Å². The van der Waals surface area contributed by atoms with Crippen LogP contribution in [0.3, 0.4) is 0 Å². The van der Waals surface area contributed by atoms with Crippen molar-refractivity contribution in [1.29, 1.82) is 0 Å². The number of carbonyl (C=O) groups is 1. The highest BCUT2D eigenvalue weighted by Crippen LogP contribution is 2.38. The molecule has 108 valence electrons. The summed E-state index contributed by atoms with van der Waals surface area (Å²) in [5.74, 6) is -0.856. The van der Waals surface area contributed by atoms with Gasteiger partial charge < -0.3 is 18.9 Å². The maximum atomic E-state index is 11.5. The lowest BCUT2D eigenvalue weighted by molar-refractivity contribution is -0.158. The Morgan fingerprint density at radius 3 is 2.84 bits per heavy atom. The molecule has 0 amide bonds. The molecule has 0 aromatic heterocycles. The van der Waals surface area contributed by atoms with Crippen molar-refractivity contribution in [3.05, 3.63) is 12.7 Å². The molecule has 0 aromatic rings. The normalized spacial score (nSPS) is 36.6. The van der Waals surface area contributed by atoms with E-state index in [1.807, 2.05) is 13.8 Å². The molecule has 0 radical (unpaired) electrons. The molecule has 2 aliphatic heterocycles. The molecular weight excluding hydrogens is 248 g/mol. The molecule has 19 heavy (non-hydrogen) atoms. The molecule has 2 aliphatic rings. The summed E-state index contributed by atoms with van der Waals surface area (Å²) in [6.07, 6.45) is 1.92. The van der Waals surface area contributed by atoms with Gasteiger partial charge in [0.05, 0.1) is 25.2 Å². The van der Waals surface area contributed by atoms with Crippen LogP contribution in [0.4, 0.5) is 0 Å². The van der Waals surface area contributed by atoms with Gasteiger partial charge in [0.15, 0.2) is 5.79 Å². The molecule has 4 atom stereocenters. The van der Waals surface area contributed by atoms with E-state index in [0.717, 1.165) is 0 Å². The van der Waals surface area contributed by atoms with E-state index in [-0.39, 0.29) is 36.8 Å². The Morgan fingerprint density at radius 2 is 2.21 bits per heavy atom. The standard InChI is InChI=1S/C14H22O5/c1-5-10-13-11(18-14(3,4)19-13)7-9(17-10)8-12(15)16-6-2/h5,9-11,13H,1,6-8H2,2-4H3/t9-,10-,11+,13-/m1/s1. The molecule has 5 nitrogen and oxygen atoms in total. The average Bonchev–Trinajstić information content (AvgIpc) is 2.62. The third-order valence-electron chi connectivity index (χ3n) is 3.32. The highest BCUT2D eigenvalue weighted by molar-refractivity contribution is 5.69. The Hall–Kier alpha value is -0.910. The summed E-state index contributed by atoms with van der Waals surface area (Å²) in [5.41, 5.74) is 0. The van der Waals surface area contributed by atoms with E-state index in [1.54, 1.807) is 13.0 Å². The van der Waals surface area contributed by atoms with Gasteiger partial charge in [0.25, 0.3) is 0 Å². The summed E-state index contributed by atoms with van der Waals surface area (Å²) in [7, 11) is 0. The van der Waals surface area contributed by atoms with Gasteiger partial charge in [-0.2, -0.15) is 0 Å². The number of carbonyl (C=O) groups excluding carboxylic acids is 1. The Kier molecular flexibility index (Phi) is 4.28. The first-order valence-electron chi connectivity index (χ1n) is 6.74. The fourth-order valence-corrected chi connectivity index (χ4v) is 2.67. The van der Waals surface area contributed by atoms with Crippen molar-refractivity contribution in [2.45, 2.75) is 63.8 Å². The molecule has 0 aromatic carbocycles. The summed E-state index contributed by atoms with van der Waals surface area (Å²) < 4.78 is 22.5. The molecule has 5 heteroatoms. The van der Waals surface area contributed by atoms with E-state index in [1.165, 1.54) is 0 Å². The SMILES string of the molecule is C=C[C@H]1O[C@@H](CC(=O)OCC)C[C@@H]2OC(C)(C)O[C@@H]21. The number of fused-ring (bicyclic) bond motifs is 1. The lowest BCUT2D eigenvalue weighted by Gasteiger charge is -2.34. The van der Waals surface area contributed by atoms with Crippen LogP contribution in [0.1, 0.15) is 33.6 Å². The predicted molar refractivity (Wildman–Crippen MR) is 68.6 cm³/mol. The smallest absolute Gasteiger partial charge is 0.308 e. The number of hydrogen-bond donors (Lipinski definition) is 0. The van der Waals surface area contributed by atoms with Gasteiger partial charge >= 0.3 is 5.97 Å². The summed E-state index contributed by atoms with van der Waals surface area (Å²) in [6.45, 7) is 9.70. The molecule has 0 unspecified atom stereocenters. The van der Waals surface area contributed by atoms with Crippen molar-refractivity contribution < 1.29 is 23.7 Å². The molecule has 0 bridgehead atoms. The Balaban J connectivity index is 2.00. The average molecular weight is 270 g/mol. The monoisotopic (exact) mass is 270 g/mol. The molecule has 2 saturated heterocycles. The lowest BCUT2D eigenvalue weighted by atomic mass is 9.96. The second-order valence-corrected chi connectivity index (χ2v) is 5.34. The largest absolute Gasteiger partial charge is 0.466 e. The fourth-order valence-electron chi connectivity index (χ4n) is 2.67. The Morgan fingerprint density at radius 1 is 1.47 bits per heavy atom. The second kappa shape index (κ2) is 5.61. The van der Waals surface area contributed by atoms with Gasteiger partial charge in [0.1, 0.15) is 12.2 Å². The molecule has 0 aliphatic carbocycles. The Labute approximate surface area is 113 Å². The number of hydrogen-bond acceptors (Lipinski definition) is 5. The molecule has 2 heterocycles. The topological polar surface area (TPSA) is 54.0 Å². The van der Waals surface area contributed by atoms with Crippen molar-refractivity contribution in [2.24, 2.45) is 0 Å². The third-order valence-corrected chi connectivity index (χ3v) is 3.32. The van der Waals surface area contributed by atoms with Crippen LogP contribution in [0.5, 0.6) is 0 Å². The highest BCUT2D eigenvalue weighted by Gasteiger charge is 2.49. The third kappa shape index (κ3) is 3.35. The number of rotatable bonds is 4. The maximum absolute atomic E-state index is 11.5. The first-order valence-corrected chi connectivity index (χ1v) is 6.74. The number of ether oxygens (including phenoxy) is 4. The van der Waals surface area contributed by atoms with Gasteiger partial charge in [0, 0.05) is 6.42 Å². The number of esters is 1. The first-order chi connectivity index (χ1) is 8.95. The van der Waals surface area contributed by atoms with Crippen LogP contribution < -0.4 is 0 Å². The van der Waals surface area contributed by atoms with E-state index < -0.39 is 5.79 Å². The van der Waals surface area contributed by atoms with E-state index in [2.05, 4.69) is 6.58 Å². The van der Waals surface area contributed by atoms with E-state index in [4.69, 9.17) is 18.9 Å². The molecular formula is C14H22O5. The minimum Gasteiger partial charge on any atom is -0.466 e. The van der Waals surface area contributed by atoms with Gasteiger partial charge in [-0.05, 0) is 20.8 Å². The fraction of sp³-hybridized carbons (Fsp3) is 0.786. The van der Waals surface area contributed by atoms with Gasteiger partial charge in [-0.3, -0.25) is 4.79 Å². The zero-order chi connectivity index (χ0) is 14.0. The van der Waals surface area contributed by atoms with Gasteiger partial charge in [-0.1, -0.05) is 6.08 Å². The van der Waals surface area contributed by atoms with Crippen LogP contribution in [0.15, 0.2) is 12.7 Å². The Bertz CT molecular complexity index is 352. The van der Waals surface area contributed by atoms with Crippen LogP contribution in [0, 0.1) is 0 Å². The predicted octanol–water partition coefficient (Wildman–Crippen LogP) is 1.80.